The normalized spacial score (nSPS) is 14.8. The summed E-state index contributed by atoms with van der Waals surface area (Å²) in [6.07, 6.45) is 5.20. The van der Waals surface area contributed by atoms with Crippen molar-refractivity contribution in [2.45, 2.75) is 0 Å². The van der Waals surface area contributed by atoms with Crippen LogP contribution in [-0.4, -0.2) is 51.2 Å². The largest absolute Gasteiger partial charge is 0.378 e. The Bertz CT molecular complexity index is 1070. The maximum Gasteiger partial charge on any atom is 0.226 e. The number of nitrogens with one attached hydrogen (secondary N) is 2. The number of aromatic amines is 1. The fraction of sp³-hybridized carbons (Fsp3) is 0.222. The van der Waals surface area contributed by atoms with E-state index in [-0.39, 0.29) is 0 Å². The van der Waals surface area contributed by atoms with Crippen LogP contribution < -0.4 is 10.2 Å². The molecule has 5 rings (SSSR count). The highest BCUT2D eigenvalue weighted by Gasteiger charge is 2.16. The second kappa shape index (κ2) is 6.23. The number of hydrogen-bond donors (Lipinski definition) is 2. The molecule has 0 atom stereocenters. The quantitative estimate of drug-likeness (QED) is 0.588. The number of hydrogen-bond acceptors (Lipinski definition) is 7. The van der Waals surface area contributed by atoms with E-state index in [1.165, 1.54) is 6.33 Å². The lowest BCUT2D eigenvalue weighted by Crippen LogP contribution is -2.37. The van der Waals surface area contributed by atoms with Gasteiger partial charge in [0.15, 0.2) is 5.82 Å². The van der Waals surface area contributed by atoms with Crippen LogP contribution in [0.4, 0.5) is 17.5 Å². The fourth-order valence-electron chi connectivity index (χ4n) is 3.12. The molecule has 2 N–H and O–H groups in total. The zero-order valence-corrected chi connectivity index (χ0v) is 14.0. The lowest BCUT2D eigenvalue weighted by atomic mass is 10.2. The van der Waals surface area contributed by atoms with Crippen molar-refractivity contribution in [2.24, 2.45) is 0 Å². The van der Waals surface area contributed by atoms with Gasteiger partial charge in [-0.2, -0.15) is 0 Å². The first kappa shape index (κ1) is 15.0. The molecule has 0 radical (unpaired) electrons. The van der Waals surface area contributed by atoms with Gasteiger partial charge in [0.1, 0.15) is 17.4 Å². The third-order valence-electron chi connectivity index (χ3n) is 4.47. The highest BCUT2D eigenvalue weighted by atomic mass is 16.5. The molecule has 1 saturated heterocycles. The van der Waals surface area contributed by atoms with E-state index in [1.807, 2.05) is 24.4 Å². The molecule has 0 saturated carbocycles. The highest BCUT2D eigenvalue weighted by Crippen LogP contribution is 2.25. The van der Waals surface area contributed by atoms with Gasteiger partial charge in [-0.1, -0.05) is 0 Å². The molecule has 8 heteroatoms. The number of H-pyrrole nitrogens is 1. The van der Waals surface area contributed by atoms with Gasteiger partial charge in [-0.3, -0.25) is 0 Å². The second-order valence-electron chi connectivity index (χ2n) is 6.13. The van der Waals surface area contributed by atoms with E-state index < -0.39 is 0 Å². The second-order valence-corrected chi connectivity index (χ2v) is 6.13. The molecular weight excluding hydrogens is 330 g/mol. The first-order chi connectivity index (χ1) is 12.9. The van der Waals surface area contributed by atoms with Crippen molar-refractivity contribution in [3.05, 3.63) is 43.0 Å². The Balaban J connectivity index is 1.53. The number of aromatic nitrogens is 5. The number of ether oxygens (including phenoxy) is 1. The monoisotopic (exact) mass is 347 g/mol. The molecular formula is C18H17N7O. The summed E-state index contributed by atoms with van der Waals surface area (Å²) in [5.41, 5.74) is 3.46. The topological polar surface area (TPSA) is 91.9 Å². The first-order valence-electron chi connectivity index (χ1n) is 8.51. The number of rotatable bonds is 3. The molecule has 0 amide bonds. The summed E-state index contributed by atoms with van der Waals surface area (Å²) >= 11 is 0. The van der Waals surface area contributed by atoms with Gasteiger partial charge in [-0.25, -0.2) is 19.9 Å². The molecule has 0 bridgehead atoms. The van der Waals surface area contributed by atoms with Gasteiger partial charge in [0.2, 0.25) is 5.95 Å². The molecule has 1 aliphatic rings. The molecule has 3 aromatic heterocycles. The van der Waals surface area contributed by atoms with Crippen LogP contribution in [0.3, 0.4) is 0 Å². The Morgan fingerprint density at radius 1 is 1.08 bits per heavy atom. The third kappa shape index (κ3) is 2.70. The fourth-order valence-corrected chi connectivity index (χ4v) is 3.12. The van der Waals surface area contributed by atoms with Crippen LogP contribution in [0, 0.1) is 0 Å². The number of nitrogens with zero attached hydrogens (tertiary/aromatic N) is 5. The van der Waals surface area contributed by atoms with Gasteiger partial charge in [0.05, 0.1) is 19.4 Å². The lowest BCUT2D eigenvalue weighted by Gasteiger charge is -2.26. The molecule has 130 valence electrons. The average Bonchev–Trinajstić information content (AvgIpc) is 3.16. The van der Waals surface area contributed by atoms with Crippen molar-refractivity contribution >= 4 is 39.4 Å². The summed E-state index contributed by atoms with van der Waals surface area (Å²) < 4.78 is 5.40. The summed E-state index contributed by atoms with van der Waals surface area (Å²) in [7, 11) is 0. The molecule has 1 aromatic carbocycles. The molecule has 0 unspecified atom stereocenters. The van der Waals surface area contributed by atoms with Crippen LogP contribution in [0.15, 0.2) is 43.0 Å². The smallest absolute Gasteiger partial charge is 0.226 e. The Morgan fingerprint density at radius 2 is 2.00 bits per heavy atom. The Hall–Kier alpha value is -3.26. The van der Waals surface area contributed by atoms with E-state index in [9.17, 15) is 0 Å². The molecule has 0 aliphatic carbocycles. The van der Waals surface area contributed by atoms with Crippen LogP contribution in [-0.2, 0) is 4.74 Å². The zero-order valence-electron chi connectivity index (χ0n) is 14.0. The lowest BCUT2D eigenvalue weighted by molar-refractivity contribution is 0.122. The Morgan fingerprint density at radius 3 is 2.92 bits per heavy atom. The summed E-state index contributed by atoms with van der Waals surface area (Å²) in [6, 6.07) is 8.16. The van der Waals surface area contributed by atoms with Crippen molar-refractivity contribution in [1.29, 1.82) is 0 Å². The maximum absolute atomic E-state index is 5.40. The first-order valence-corrected chi connectivity index (χ1v) is 8.51. The van der Waals surface area contributed by atoms with Gasteiger partial charge in [-0.05, 0) is 24.3 Å². The van der Waals surface area contributed by atoms with E-state index in [0.717, 1.165) is 29.7 Å². The minimum Gasteiger partial charge on any atom is -0.378 e. The van der Waals surface area contributed by atoms with Gasteiger partial charge < -0.3 is 19.9 Å². The van der Waals surface area contributed by atoms with Gasteiger partial charge in [0.25, 0.3) is 0 Å². The van der Waals surface area contributed by atoms with E-state index in [4.69, 9.17) is 9.72 Å². The van der Waals surface area contributed by atoms with Gasteiger partial charge in [-0.15, -0.1) is 0 Å². The zero-order chi connectivity index (χ0) is 17.3. The average molecular weight is 347 g/mol. The van der Waals surface area contributed by atoms with E-state index >= 15 is 0 Å². The summed E-state index contributed by atoms with van der Waals surface area (Å²) in [6.45, 7) is 2.95. The van der Waals surface area contributed by atoms with Crippen LogP contribution in [0.25, 0.3) is 21.9 Å². The Labute approximate surface area is 149 Å². The molecule has 4 heterocycles. The van der Waals surface area contributed by atoms with Crippen molar-refractivity contribution in [2.75, 3.05) is 36.5 Å². The number of anilines is 3. The predicted octanol–water partition coefficient (Wildman–Crippen LogP) is 2.48. The number of fused-ring (bicyclic) bond motifs is 2. The molecule has 26 heavy (non-hydrogen) atoms. The van der Waals surface area contributed by atoms with Crippen LogP contribution >= 0.6 is 0 Å². The van der Waals surface area contributed by atoms with Crippen molar-refractivity contribution in [3.63, 3.8) is 0 Å². The minimum atomic E-state index is 0.668. The number of morpholine rings is 1. The van der Waals surface area contributed by atoms with Gasteiger partial charge >= 0.3 is 0 Å². The third-order valence-corrected chi connectivity index (χ3v) is 4.47. The summed E-state index contributed by atoms with van der Waals surface area (Å²) in [5.74, 6) is 1.35. The number of benzene rings is 1. The van der Waals surface area contributed by atoms with E-state index in [1.54, 1.807) is 6.20 Å². The standard InChI is InChI=1S/C18H17N7O/c1-2-14-12(3-4-19-14)9-13(1)23-17-16-15(21-11-22-17)10-20-18(24-16)25-5-7-26-8-6-25/h1-4,9-11,19H,5-8H2,(H,21,22,23). The predicted molar refractivity (Wildman–Crippen MR) is 99.7 cm³/mol. The highest BCUT2D eigenvalue weighted by molar-refractivity contribution is 5.89. The Kier molecular flexibility index (Phi) is 3.60. The SMILES string of the molecule is c1nc(Nc2ccc3[nH]ccc3c2)c2nc(N3CCOCC3)ncc2n1. The summed E-state index contributed by atoms with van der Waals surface area (Å²) in [4.78, 5) is 23.2. The van der Waals surface area contributed by atoms with E-state index in [2.05, 4.69) is 36.2 Å². The minimum absolute atomic E-state index is 0.668. The van der Waals surface area contributed by atoms with Crippen molar-refractivity contribution in [3.8, 4) is 0 Å². The van der Waals surface area contributed by atoms with Crippen molar-refractivity contribution in [1.82, 2.24) is 24.9 Å². The van der Waals surface area contributed by atoms with E-state index in [0.29, 0.717) is 36.0 Å². The molecule has 1 fully saturated rings. The van der Waals surface area contributed by atoms with Crippen LogP contribution in [0.5, 0.6) is 0 Å². The van der Waals surface area contributed by atoms with Crippen molar-refractivity contribution < 1.29 is 4.74 Å². The van der Waals surface area contributed by atoms with Gasteiger partial charge in [0, 0.05) is 35.9 Å². The molecule has 4 aromatic rings. The van der Waals surface area contributed by atoms with Crippen LogP contribution in [0.2, 0.25) is 0 Å². The maximum atomic E-state index is 5.40. The molecule has 8 nitrogen and oxygen atoms in total. The van der Waals surface area contributed by atoms with Crippen LogP contribution in [0.1, 0.15) is 0 Å². The summed E-state index contributed by atoms with van der Waals surface area (Å²) in [5, 5.41) is 4.50. The molecule has 0 spiro atoms. The molecule has 1 aliphatic heterocycles.